The highest BCUT2D eigenvalue weighted by atomic mass is 16.7. The minimum absolute atomic E-state index is 0.255. The summed E-state index contributed by atoms with van der Waals surface area (Å²) in [6.07, 6.45) is 1.17. The van der Waals surface area contributed by atoms with Crippen molar-refractivity contribution < 1.29 is 19.0 Å². The zero-order valence-electron chi connectivity index (χ0n) is 9.80. The van der Waals surface area contributed by atoms with Crippen molar-refractivity contribution in [2.75, 3.05) is 20.3 Å². The first kappa shape index (κ1) is 12.1. The lowest BCUT2D eigenvalue weighted by atomic mass is 9.96. The molecular weight excluding hydrogens is 220 g/mol. The van der Waals surface area contributed by atoms with E-state index < -0.39 is 0 Å². The molecule has 1 fully saturated rings. The monoisotopic (exact) mass is 236 g/mol. The van der Waals surface area contributed by atoms with Crippen LogP contribution in [0.5, 0.6) is 5.75 Å². The lowest BCUT2D eigenvalue weighted by Gasteiger charge is -2.17. The van der Waals surface area contributed by atoms with E-state index in [1.807, 2.05) is 24.3 Å². The van der Waals surface area contributed by atoms with E-state index >= 15 is 0 Å². The number of carbonyl (C=O) groups excluding carboxylic acids is 1. The van der Waals surface area contributed by atoms with E-state index in [4.69, 9.17) is 14.2 Å². The molecule has 1 aliphatic rings. The van der Waals surface area contributed by atoms with E-state index in [1.165, 1.54) is 0 Å². The van der Waals surface area contributed by atoms with Gasteiger partial charge in [-0.15, -0.1) is 0 Å². The van der Waals surface area contributed by atoms with E-state index in [1.54, 1.807) is 7.11 Å². The minimum atomic E-state index is -0.282. The summed E-state index contributed by atoms with van der Waals surface area (Å²) in [5, 5.41) is 0. The highest BCUT2D eigenvalue weighted by molar-refractivity contribution is 5.64. The van der Waals surface area contributed by atoms with E-state index in [0.717, 1.165) is 17.6 Å². The number of hydrogen-bond acceptors (Lipinski definition) is 4. The van der Waals surface area contributed by atoms with Crippen LogP contribution in [0, 0.1) is 0 Å². The molecule has 92 valence electrons. The Balaban J connectivity index is 2.13. The third-order valence-electron chi connectivity index (χ3n) is 2.84. The summed E-state index contributed by atoms with van der Waals surface area (Å²) in [5.41, 5.74) is 0.879. The summed E-state index contributed by atoms with van der Waals surface area (Å²) in [6, 6.07) is 7.52. The van der Waals surface area contributed by atoms with Crippen molar-refractivity contribution in [2.45, 2.75) is 18.6 Å². The van der Waals surface area contributed by atoms with E-state index in [9.17, 15) is 4.79 Å². The van der Waals surface area contributed by atoms with Crippen molar-refractivity contribution in [3.63, 3.8) is 0 Å². The van der Waals surface area contributed by atoms with Crippen LogP contribution in [0.15, 0.2) is 24.3 Å². The van der Waals surface area contributed by atoms with Gasteiger partial charge >= 0.3 is 0 Å². The molecule has 0 saturated carbocycles. The first-order valence-corrected chi connectivity index (χ1v) is 5.66. The Morgan fingerprint density at radius 2 is 2.12 bits per heavy atom. The summed E-state index contributed by atoms with van der Waals surface area (Å²) in [4.78, 5) is 11.2. The van der Waals surface area contributed by atoms with Crippen LogP contribution in [0.1, 0.15) is 17.9 Å². The third kappa shape index (κ3) is 2.84. The van der Waals surface area contributed by atoms with Crippen molar-refractivity contribution in [2.24, 2.45) is 0 Å². The number of rotatable bonds is 5. The second-order valence-corrected chi connectivity index (χ2v) is 3.89. The van der Waals surface area contributed by atoms with Crippen LogP contribution < -0.4 is 4.74 Å². The Bertz CT molecular complexity index is 371. The first-order valence-electron chi connectivity index (χ1n) is 5.66. The van der Waals surface area contributed by atoms with Crippen molar-refractivity contribution in [1.82, 2.24) is 0 Å². The van der Waals surface area contributed by atoms with E-state index in [2.05, 4.69) is 0 Å². The third-order valence-corrected chi connectivity index (χ3v) is 2.84. The highest BCUT2D eigenvalue weighted by Gasteiger charge is 2.24. The number of methoxy groups -OCH3 is 1. The lowest BCUT2D eigenvalue weighted by molar-refractivity contribution is -0.112. The highest BCUT2D eigenvalue weighted by Crippen LogP contribution is 2.29. The molecule has 1 aromatic rings. The molecule has 2 rings (SSSR count). The molecule has 4 heteroatoms. The number of hydrogen-bond donors (Lipinski definition) is 0. The molecule has 0 aliphatic carbocycles. The molecule has 0 aromatic heterocycles. The predicted octanol–water partition coefficient (Wildman–Crippen LogP) is 1.74. The van der Waals surface area contributed by atoms with Crippen LogP contribution in [0.25, 0.3) is 0 Å². The SMILES string of the molecule is COc1ccccc1[C@@H](C=O)CC1OCCO1. The smallest absolute Gasteiger partial charge is 0.158 e. The maximum absolute atomic E-state index is 11.2. The number of para-hydroxylation sites is 1. The van der Waals surface area contributed by atoms with Gasteiger partial charge in [0, 0.05) is 17.9 Å². The number of carbonyl (C=O) groups is 1. The van der Waals surface area contributed by atoms with Gasteiger partial charge in [0.15, 0.2) is 6.29 Å². The average molecular weight is 236 g/mol. The summed E-state index contributed by atoms with van der Waals surface area (Å²) in [6.45, 7) is 1.20. The summed E-state index contributed by atoms with van der Waals surface area (Å²) >= 11 is 0. The summed E-state index contributed by atoms with van der Waals surface area (Å²) < 4.78 is 16.0. The van der Waals surface area contributed by atoms with Gasteiger partial charge in [0.2, 0.25) is 0 Å². The molecular formula is C13H16O4. The van der Waals surface area contributed by atoms with Gasteiger partial charge in [-0.1, -0.05) is 18.2 Å². The summed E-state index contributed by atoms with van der Waals surface area (Å²) in [5.74, 6) is 0.469. The maximum Gasteiger partial charge on any atom is 0.158 e. The van der Waals surface area contributed by atoms with Gasteiger partial charge in [0.05, 0.1) is 20.3 Å². The fourth-order valence-electron chi connectivity index (χ4n) is 1.98. The van der Waals surface area contributed by atoms with Gasteiger partial charge < -0.3 is 19.0 Å². The minimum Gasteiger partial charge on any atom is -0.496 e. The maximum atomic E-state index is 11.2. The van der Waals surface area contributed by atoms with Gasteiger partial charge in [-0.05, 0) is 6.07 Å². The molecule has 4 nitrogen and oxygen atoms in total. The standard InChI is InChI=1S/C13H16O4/c1-15-12-5-3-2-4-11(12)10(9-14)8-13-16-6-7-17-13/h2-5,9-10,13H,6-8H2,1H3/t10-/m1/s1. The van der Waals surface area contributed by atoms with Crippen LogP contribution in [0.4, 0.5) is 0 Å². The molecule has 0 bridgehead atoms. The Kier molecular flexibility index (Phi) is 4.12. The van der Waals surface area contributed by atoms with Crippen LogP contribution in [-0.2, 0) is 14.3 Å². The molecule has 1 atom stereocenters. The van der Waals surface area contributed by atoms with Crippen molar-refractivity contribution in [1.29, 1.82) is 0 Å². The van der Waals surface area contributed by atoms with Crippen molar-refractivity contribution >= 4 is 6.29 Å². The van der Waals surface area contributed by atoms with Crippen LogP contribution in [0.2, 0.25) is 0 Å². The molecule has 1 saturated heterocycles. The van der Waals surface area contributed by atoms with Crippen LogP contribution in [0.3, 0.4) is 0 Å². The Morgan fingerprint density at radius 3 is 2.76 bits per heavy atom. The Labute approximate surface area is 100 Å². The molecule has 1 heterocycles. The van der Waals surface area contributed by atoms with Crippen LogP contribution >= 0.6 is 0 Å². The molecule has 0 spiro atoms. The number of ether oxygens (including phenoxy) is 3. The zero-order valence-corrected chi connectivity index (χ0v) is 9.80. The van der Waals surface area contributed by atoms with Gasteiger partial charge in [0.25, 0.3) is 0 Å². The van der Waals surface area contributed by atoms with Gasteiger partial charge in [0.1, 0.15) is 12.0 Å². The second-order valence-electron chi connectivity index (χ2n) is 3.89. The lowest BCUT2D eigenvalue weighted by Crippen LogP contribution is -2.15. The fraction of sp³-hybridized carbons (Fsp3) is 0.462. The van der Waals surface area contributed by atoms with Crippen molar-refractivity contribution in [3.8, 4) is 5.75 Å². The summed E-state index contributed by atoms with van der Waals surface area (Å²) in [7, 11) is 1.60. The van der Waals surface area contributed by atoms with Crippen LogP contribution in [-0.4, -0.2) is 32.9 Å². The normalized spacial score (nSPS) is 17.9. The van der Waals surface area contributed by atoms with Gasteiger partial charge in [-0.3, -0.25) is 0 Å². The van der Waals surface area contributed by atoms with Gasteiger partial charge in [-0.25, -0.2) is 0 Å². The average Bonchev–Trinajstić information content (AvgIpc) is 2.89. The molecule has 0 amide bonds. The zero-order chi connectivity index (χ0) is 12.1. The Hall–Kier alpha value is -1.39. The number of aldehydes is 1. The molecule has 0 N–H and O–H groups in total. The van der Waals surface area contributed by atoms with E-state index in [-0.39, 0.29) is 12.2 Å². The van der Waals surface area contributed by atoms with Gasteiger partial charge in [-0.2, -0.15) is 0 Å². The first-order chi connectivity index (χ1) is 8.35. The largest absolute Gasteiger partial charge is 0.496 e. The second kappa shape index (κ2) is 5.80. The Morgan fingerprint density at radius 1 is 1.41 bits per heavy atom. The molecule has 17 heavy (non-hydrogen) atoms. The van der Waals surface area contributed by atoms with E-state index in [0.29, 0.717) is 19.6 Å². The molecule has 0 radical (unpaired) electrons. The predicted molar refractivity (Wildman–Crippen MR) is 62.1 cm³/mol. The quantitative estimate of drug-likeness (QED) is 0.730. The fourth-order valence-corrected chi connectivity index (χ4v) is 1.98. The topological polar surface area (TPSA) is 44.8 Å². The molecule has 0 unspecified atom stereocenters. The molecule has 1 aromatic carbocycles. The number of benzene rings is 1. The molecule has 1 aliphatic heterocycles. The van der Waals surface area contributed by atoms with Crippen molar-refractivity contribution in [3.05, 3.63) is 29.8 Å².